The molecule has 4 nitrogen and oxygen atoms in total. The van der Waals surface area contributed by atoms with E-state index in [1.165, 1.54) is 11.6 Å². The SMILES string of the molecule is Cc1ccc(NC(=O)/C=C/c2ccc3c(c2)OCO3)cc1C. The molecular formula is C18H17NO3. The maximum absolute atomic E-state index is 12.0. The topological polar surface area (TPSA) is 47.6 Å². The highest BCUT2D eigenvalue weighted by Gasteiger charge is 2.12. The molecular weight excluding hydrogens is 278 g/mol. The third kappa shape index (κ3) is 3.11. The highest BCUT2D eigenvalue weighted by Crippen LogP contribution is 2.32. The van der Waals surface area contributed by atoms with Gasteiger partial charge in [0.2, 0.25) is 12.7 Å². The van der Waals surface area contributed by atoms with Crippen molar-refractivity contribution in [3.05, 3.63) is 59.2 Å². The van der Waals surface area contributed by atoms with E-state index in [2.05, 4.69) is 5.32 Å². The van der Waals surface area contributed by atoms with Crippen molar-refractivity contribution in [3.8, 4) is 11.5 Å². The average molecular weight is 295 g/mol. The summed E-state index contributed by atoms with van der Waals surface area (Å²) in [6.07, 6.45) is 3.26. The van der Waals surface area contributed by atoms with Gasteiger partial charge >= 0.3 is 0 Å². The Kier molecular flexibility index (Phi) is 3.83. The summed E-state index contributed by atoms with van der Waals surface area (Å²) in [5, 5.41) is 2.85. The monoisotopic (exact) mass is 295 g/mol. The number of anilines is 1. The molecule has 4 heteroatoms. The van der Waals surface area contributed by atoms with Gasteiger partial charge in [-0.1, -0.05) is 12.1 Å². The van der Waals surface area contributed by atoms with E-state index < -0.39 is 0 Å². The van der Waals surface area contributed by atoms with Crippen LogP contribution < -0.4 is 14.8 Å². The van der Waals surface area contributed by atoms with Crippen LogP contribution in [0, 0.1) is 13.8 Å². The minimum absolute atomic E-state index is 0.166. The molecule has 2 aromatic rings. The van der Waals surface area contributed by atoms with Crippen LogP contribution in [-0.4, -0.2) is 12.7 Å². The van der Waals surface area contributed by atoms with Crippen LogP contribution in [-0.2, 0) is 4.79 Å². The van der Waals surface area contributed by atoms with E-state index in [9.17, 15) is 4.79 Å². The van der Waals surface area contributed by atoms with Gasteiger partial charge in [-0.25, -0.2) is 0 Å². The zero-order chi connectivity index (χ0) is 15.5. The van der Waals surface area contributed by atoms with E-state index in [1.54, 1.807) is 6.08 Å². The highest BCUT2D eigenvalue weighted by molar-refractivity contribution is 6.02. The first-order valence-corrected chi connectivity index (χ1v) is 7.08. The standard InChI is InChI=1S/C18H17NO3/c1-12-3-6-15(9-13(12)2)19-18(20)8-5-14-4-7-16-17(10-14)22-11-21-16/h3-10H,11H2,1-2H3,(H,19,20)/b8-5+. The fraction of sp³-hybridized carbons (Fsp3) is 0.167. The second-order valence-corrected chi connectivity index (χ2v) is 5.23. The van der Waals surface area contributed by atoms with Crippen LogP contribution >= 0.6 is 0 Å². The molecule has 1 aliphatic rings. The molecule has 22 heavy (non-hydrogen) atoms. The second-order valence-electron chi connectivity index (χ2n) is 5.23. The molecule has 1 aliphatic heterocycles. The van der Waals surface area contributed by atoms with Gasteiger partial charge in [0.15, 0.2) is 11.5 Å². The van der Waals surface area contributed by atoms with Crippen molar-refractivity contribution in [1.29, 1.82) is 0 Å². The Bertz CT molecular complexity index is 750. The molecule has 0 spiro atoms. The highest BCUT2D eigenvalue weighted by atomic mass is 16.7. The lowest BCUT2D eigenvalue weighted by Crippen LogP contribution is -2.07. The Morgan fingerprint density at radius 1 is 1.05 bits per heavy atom. The number of benzene rings is 2. The van der Waals surface area contributed by atoms with Crippen LogP contribution in [0.25, 0.3) is 6.08 Å². The molecule has 112 valence electrons. The van der Waals surface area contributed by atoms with Gasteiger partial charge in [-0.05, 0) is 60.9 Å². The van der Waals surface area contributed by atoms with Crippen LogP contribution in [0.3, 0.4) is 0 Å². The second kappa shape index (κ2) is 5.93. The normalized spacial score (nSPS) is 12.6. The van der Waals surface area contributed by atoms with Gasteiger partial charge in [0.1, 0.15) is 0 Å². The number of carbonyl (C=O) groups excluding carboxylic acids is 1. The first-order valence-electron chi connectivity index (χ1n) is 7.08. The Hall–Kier alpha value is -2.75. The Morgan fingerprint density at radius 2 is 1.86 bits per heavy atom. The summed E-state index contributed by atoms with van der Waals surface area (Å²) in [5.74, 6) is 1.27. The van der Waals surface area contributed by atoms with Crippen molar-refractivity contribution >= 4 is 17.7 Å². The van der Waals surface area contributed by atoms with Crippen molar-refractivity contribution in [3.63, 3.8) is 0 Å². The Balaban J connectivity index is 1.67. The predicted molar refractivity (Wildman–Crippen MR) is 86.1 cm³/mol. The van der Waals surface area contributed by atoms with Gasteiger partial charge in [-0.15, -0.1) is 0 Å². The smallest absolute Gasteiger partial charge is 0.248 e. The summed E-state index contributed by atoms with van der Waals surface area (Å²) in [6, 6.07) is 11.4. The van der Waals surface area contributed by atoms with Gasteiger partial charge in [0.05, 0.1) is 0 Å². The molecule has 1 heterocycles. The minimum atomic E-state index is -0.166. The average Bonchev–Trinajstić information content (AvgIpc) is 2.96. The molecule has 3 rings (SSSR count). The maximum Gasteiger partial charge on any atom is 0.248 e. The quantitative estimate of drug-likeness (QED) is 0.879. The minimum Gasteiger partial charge on any atom is -0.454 e. The lowest BCUT2D eigenvalue weighted by molar-refractivity contribution is -0.111. The Morgan fingerprint density at radius 3 is 2.68 bits per heavy atom. The first kappa shape index (κ1) is 14.2. The number of fused-ring (bicyclic) bond motifs is 1. The zero-order valence-electron chi connectivity index (χ0n) is 12.6. The number of amides is 1. The zero-order valence-corrected chi connectivity index (χ0v) is 12.6. The molecule has 0 fully saturated rings. The number of hydrogen-bond donors (Lipinski definition) is 1. The van der Waals surface area contributed by atoms with Crippen LogP contribution in [0.15, 0.2) is 42.5 Å². The van der Waals surface area contributed by atoms with Gasteiger partial charge in [-0.2, -0.15) is 0 Å². The summed E-state index contributed by atoms with van der Waals surface area (Å²) >= 11 is 0. The first-order chi connectivity index (χ1) is 10.6. The summed E-state index contributed by atoms with van der Waals surface area (Å²) in [6.45, 7) is 4.31. The lowest BCUT2D eigenvalue weighted by Gasteiger charge is -2.05. The van der Waals surface area contributed by atoms with E-state index >= 15 is 0 Å². The van der Waals surface area contributed by atoms with Crippen LogP contribution in [0.4, 0.5) is 5.69 Å². The number of carbonyl (C=O) groups is 1. The predicted octanol–water partition coefficient (Wildman–Crippen LogP) is 3.68. The summed E-state index contributed by atoms with van der Waals surface area (Å²) in [5.41, 5.74) is 4.04. The largest absolute Gasteiger partial charge is 0.454 e. The third-order valence-electron chi connectivity index (χ3n) is 3.60. The third-order valence-corrected chi connectivity index (χ3v) is 3.60. The van der Waals surface area contributed by atoms with Crippen molar-refractivity contribution in [2.45, 2.75) is 13.8 Å². The molecule has 1 amide bonds. The van der Waals surface area contributed by atoms with Crippen molar-refractivity contribution in [1.82, 2.24) is 0 Å². The molecule has 1 N–H and O–H groups in total. The number of nitrogens with one attached hydrogen (secondary N) is 1. The summed E-state index contributed by atoms with van der Waals surface area (Å²) in [4.78, 5) is 12.0. The fourth-order valence-electron chi connectivity index (χ4n) is 2.19. The number of hydrogen-bond acceptors (Lipinski definition) is 3. The van der Waals surface area contributed by atoms with Crippen LogP contribution in [0.1, 0.15) is 16.7 Å². The van der Waals surface area contributed by atoms with E-state index in [0.717, 1.165) is 22.6 Å². The molecule has 0 saturated heterocycles. The van der Waals surface area contributed by atoms with Crippen molar-refractivity contribution in [2.75, 3.05) is 12.1 Å². The molecule has 0 atom stereocenters. The van der Waals surface area contributed by atoms with Crippen molar-refractivity contribution < 1.29 is 14.3 Å². The summed E-state index contributed by atoms with van der Waals surface area (Å²) in [7, 11) is 0. The Labute approximate surface area is 129 Å². The molecule has 0 bridgehead atoms. The molecule has 2 aromatic carbocycles. The maximum atomic E-state index is 12.0. The number of aryl methyl sites for hydroxylation is 2. The molecule has 0 saturated carbocycles. The molecule has 0 aliphatic carbocycles. The van der Waals surface area contributed by atoms with E-state index in [4.69, 9.17) is 9.47 Å². The van der Waals surface area contributed by atoms with E-state index in [-0.39, 0.29) is 12.7 Å². The van der Waals surface area contributed by atoms with Crippen LogP contribution in [0.2, 0.25) is 0 Å². The molecule has 0 aromatic heterocycles. The van der Waals surface area contributed by atoms with Gasteiger partial charge in [-0.3, -0.25) is 4.79 Å². The summed E-state index contributed by atoms with van der Waals surface area (Å²) < 4.78 is 10.6. The van der Waals surface area contributed by atoms with Gasteiger partial charge < -0.3 is 14.8 Å². The lowest BCUT2D eigenvalue weighted by atomic mass is 10.1. The molecule has 0 radical (unpaired) electrons. The van der Waals surface area contributed by atoms with Crippen molar-refractivity contribution in [2.24, 2.45) is 0 Å². The van der Waals surface area contributed by atoms with E-state index in [1.807, 2.05) is 50.2 Å². The van der Waals surface area contributed by atoms with Crippen LogP contribution in [0.5, 0.6) is 11.5 Å². The number of rotatable bonds is 3. The number of ether oxygens (including phenoxy) is 2. The fourth-order valence-corrected chi connectivity index (χ4v) is 2.19. The molecule has 0 unspecified atom stereocenters. The van der Waals surface area contributed by atoms with Gasteiger partial charge in [0.25, 0.3) is 0 Å². The van der Waals surface area contributed by atoms with E-state index in [0.29, 0.717) is 5.75 Å². The van der Waals surface area contributed by atoms with Gasteiger partial charge in [0, 0.05) is 11.8 Å².